The maximum atomic E-state index is 10.7. The number of rotatable bonds is 5. The van der Waals surface area contributed by atoms with E-state index < -0.39 is 4.92 Å². The lowest BCUT2D eigenvalue weighted by Crippen LogP contribution is -2.18. The number of halogens is 1. The number of likely N-dealkylation sites (N-methyl/N-ethyl adjacent to an activating group) is 1. The normalized spacial score (nSPS) is 10.0. The monoisotopic (exact) mass is 273 g/mol. The number of nitrogens with zero attached hydrogens (tertiary/aromatic N) is 1. The number of nitro groups is 1. The summed E-state index contributed by atoms with van der Waals surface area (Å²) in [6.07, 6.45) is 0. The highest BCUT2D eigenvalue weighted by Crippen LogP contribution is 2.27. The van der Waals surface area contributed by atoms with Crippen molar-refractivity contribution in [2.45, 2.75) is 0 Å². The number of benzene rings is 1. The van der Waals surface area contributed by atoms with Gasteiger partial charge in [0.05, 0.1) is 4.92 Å². The molecule has 0 bridgehead atoms. The molecule has 0 aromatic heterocycles. The molecule has 0 fully saturated rings. The van der Waals surface area contributed by atoms with Gasteiger partial charge in [-0.3, -0.25) is 10.1 Å². The third kappa shape index (κ3) is 3.49. The van der Waals surface area contributed by atoms with E-state index in [1.165, 1.54) is 6.07 Å². The van der Waals surface area contributed by atoms with Crippen LogP contribution in [0.5, 0.6) is 0 Å². The fraction of sp³-hybridized carbons (Fsp3) is 0.333. The Morgan fingerprint density at radius 3 is 2.80 bits per heavy atom. The summed E-state index contributed by atoms with van der Waals surface area (Å²) in [5.74, 6) is 0. The molecule has 6 heteroatoms. The van der Waals surface area contributed by atoms with Crippen molar-refractivity contribution in [2.24, 2.45) is 0 Å². The van der Waals surface area contributed by atoms with Crippen LogP contribution >= 0.6 is 15.9 Å². The second-order valence-corrected chi connectivity index (χ2v) is 3.86. The van der Waals surface area contributed by atoms with Crippen molar-refractivity contribution in [2.75, 3.05) is 25.5 Å². The van der Waals surface area contributed by atoms with Gasteiger partial charge >= 0.3 is 0 Å². The lowest BCUT2D eigenvalue weighted by molar-refractivity contribution is -0.384. The first-order valence-corrected chi connectivity index (χ1v) is 5.27. The topological polar surface area (TPSA) is 67.2 Å². The molecule has 0 heterocycles. The standard InChI is InChI=1S/C9H12BrN3O2/c1-11-4-5-12-8-3-2-7(10)6-9(8)13(14)15/h2-3,6,11-12H,4-5H2,1H3. The van der Waals surface area contributed by atoms with Crippen molar-refractivity contribution >= 4 is 27.3 Å². The lowest BCUT2D eigenvalue weighted by atomic mass is 10.2. The predicted molar refractivity (Wildman–Crippen MR) is 63.2 cm³/mol. The number of anilines is 1. The summed E-state index contributed by atoms with van der Waals surface area (Å²) >= 11 is 3.20. The minimum absolute atomic E-state index is 0.0838. The molecule has 1 aromatic rings. The molecule has 82 valence electrons. The molecule has 0 aliphatic rings. The van der Waals surface area contributed by atoms with Crippen LogP contribution in [0.1, 0.15) is 0 Å². The Morgan fingerprint density at radius 1 is 1.47 bits per heavy atom. The Bertz CT molecular complexity index is 357. The first-order chi connectivity index (χ1) is 7.15. The lowest BCUT2D eigenvalue weighted by Gasteiger charge is -2.06. The Kier molecular flexibility index (Phi) is 4.51. The maximum absolute atomic E-state index is 10.7. The third-order valence-electron chi connectivity index (χ3n) is 1.85. The van der Waals surface area contributed by atoms with Gasteiger partial charge < -0.3 is 10.6 Å². The van der Waals surface area contributed by atoms with E-state index in [1.807, 2.05) is 7.05 Å². The average Bonchev–Trinajstić information content (AvgIpc) is 2.20. The van der Waals surface area contributed by atoms with Crippen molar-refractivity contribution < 1.29 is 4.92 Å². The highest BCUT2D eigenvalue weighted by atomic mass is 79.9. The smallest absolute Gasteiger partial charge is 0.293 e. The fourth-order valence-corrected chi connectivity index (χ4v) is 1.48. The zero-order valence-corrected chi connectivity index (χ0v) is 9.87. The fourth-order valence-electron chi connectivity index (χ4n) is 1.13. The molecule has 0 spiro atoms. The van der Waals surface area contributed by atoms with Gasteiger partial charge in [0.15, 0.2) is 0 Å². The van der Waals surface area contributed by atoms with E-state index in [1.54, 1.807) is 12.1 Å². The van der Waals surface area contributed by atoms with Gasteiger partial charge in [-0.2, -0.15) is 0 Å². The molecular weight excluding hydrogens is 262 g/mol. The van der Waals surface area contributed by atoms with E-state index >= 15 is 0 Å². The molecule has 0 aliphatic carbocycles. The van der Waals surface area contributed by atoms with Gasteiger partial charge in [-0.25, -0.2) is 0 Å². The van der Waals surface area contributed by atoms with Crippen LogP contribution in [0.3, 0.4) is 0 Å². The Hall–Kier alpha value is -1.14. The second-order valence-electron chi connectivity index (χ2n) is 2.95. The molecule has 0 unspecified atom stereocenters. The number of nitro benzene ring substituents is 1. The summed E-state index contributed by atoms with van der Waals surface area (Å²) in [6.45, 7) is 1.41. The first kappa shape index (κ1) is 11.9. The number of hydrogen-bond donors (Lipinski definition) is 2. The van der Waals surface area contributed by atoms with Crippen molar-refractivity contribution in [3.05, 3.63) is 32.8 Å². The molecule has 0 saturated heterocycles. The third-order valence-corrected chi connectivity index (χ3v) is 2.34. The van der Waals surface area contributed by atoms with Crippen LogP contribution in [0.25, 0.3) is 0 Å². The van der Waals surface area contributed by atoms with Gasteiger partial charge in [-0.1, -0.05) is 15.9 Å². The molecule has 5 nitrogen and oxygen atoms in total. The Morgan fingerprint density at radius 2 is 2.20 bits per heavy atom. The van der Waals surface area contributed by atoms with Gasteiger partial charge in [0.2, 0.25) is 0 Å². The van der Waals surface area contributed by atoms with Gasteiger partial charge in [0.1, 0.15) is 5.69 Å². The molecule has 0 radical (unpaired) electrons. The summed E-state index contributed by atoms with van der Waals surface area (Å²) in [5.41, 5.74) is 0.624. The van der Waals surface area contributed by atoms with E-state index in [9.17, 15) is 10.1 Å². The van der Waals surface area contributed by atoms with Gasteiger partial charge in [-0.05, 0) is 19.2 Å². The molecule has 0 saturated carbocycles. The molecule has 1 aromatic carbocycles. The zero-order valence-electron chi connectivity index (χ0n) is 8.29. The van der Waals surface area contributed by atoms with E-state index in [4.69, 9.17) is 0 Å². The van der Waals surface area contributed by atoms with Gasteiger partial charge in [-0.15, -0.1) is 0 Å². The Labute approximate surface area is 96.1 Å². The van der Waals surface area contributed by atoms with Crippen LogP contribution in [0, 0.1) is 10.1 Å². The summed E-state index contributed by atoms with van der Waals surface area (Å²) in [7, 11) is 1.83. The van der Waals surface area contributed by atoms with Gasteiger partial charge in [0.25, 0.3) is 5.69 Å². The average molecular weight is 274 g/mol. The minimum Gasteiger partial charge on any atom is -0.378 e. The molecule has 15 heavy (non-hydrogen) atoms. The zero-order chi connectivity index (χ0) is 11.3. The maximum Gasteiger partial charge on any atom is 0.293 e. The predicted octanol–water partition coefficient (Wildman–Crippen LogP) is 1.99. The van der Waals surface area contributed by atoms with Gasteiger partial charge in [0, 0.05) is 23.6 Å². The minimum atomic E-state index is -0.396. The number of hydrogen-bond acceptors (Lipinski definition) is 4. The van der Waals surface area contributed by atoms with Crippen molar-refractivity contribution in [3.8, 4) is 0 Å². The Balaban J connectivity index is 2.81. The largest absolute Gasteiger partial charge is 0.378 e. The van der Waals surface area contributed by atoms with Crippen LogP contribution in [-0.4, -0.2) is 25.1 Å². The van der Waals surface area contributed by atoms with E-state index in [0.29, 0.717) is 16.7 Å². The molecule has 0 atom stereocenters. The van der Waals surface area contributed by atoms with Crippen LogP contribution < -0.4 is 10.6 Å². The molecule has 1 rings (SSSR count). The highest BCUT2D eigenvalue weighted by Gasteiger charge is 2.13. The van der Waals surface area contributed by atoms with Crippen LogP contribution in [-0.2, 0) is 0 Å². The summed E-state index contributed by atoms with van der Waals surface area (Å²) in [4.78, 5) is 10.3. The van der Waals surface area contributed by atoms with Crippen molar-refractivity contribution in [1.29, 1.82) is 0 Å². The van der Waals surface area contributed by atoms with Crippen LogP contribution in [0.4, 0.5) is 11.4 Å². The summed E-state index contributed by atoms with van der Waals surface area (Å²) in [6, 6.07) is 4.95. The SMILES string of the molecule is CNCCNc1ccc(Br)cc1[N+](=O)[O-]. The molecule has 0 amide bonds. The first-order valence-electron chi connectivity index (χ1n) is 4.47. The molecular formula is C9H12BrN3O2. The molecule has 2 N–H and O–H groups in total. The van der Waals surface area contributed by atoms with E-state index in [2.05, 4.69) is 26.6 Å². The van der Waals surface area contributed by atoms with Crippen LogP contribution in [0.2, 0.25) is 0 Å². The second kappa shape index (κ2) is 5.67. The van der Waals surface area contributed by atoms with Crippen LogP contribution in [0.15, 0.2) is 22.7 Å². The van der Waals surface area contributed by atoms with E-state index in [-0.39, 0.29) is 5.69 Å². The summed E-state index contributed by atoms with van der Waals surface area (Å²) < 4.78 is 0.702. The van der Waals surface area contributed by atoms with Crippen molar-refractivity contribution in [3.63, 3.8) is 0 Å². The summed E-state index contributed by atoms with van der Waals surface area (Å²) in [5, 5.41) is 16.7. The number of nitrogens with one attached hydrogen (secondary N) is 2. The quantitative estimate of drug-likeness (QED) is 0.489. The van der Waals surface area contributed by atoms with Crippen molar-refractivity contribution in [1.82, 2.24) is 5.32 Å². The molecule has 0 aliphatic heterocycles. The highest BCUT2D eigenvalue weighted by molar-refractivity contribution is 9.10. The van der Waals surface area contributed by atoms with E-state index in [0.717, 1.165) is 6.54 Å².